The van der Waals surface area contributed by atoms with E-state index in [-0.39, 0.29) is 18.1 Å². The zero-order chi connectivity index (χ0) is 12.8. The summed E-state index contributed by atoms with van der Waals surface area (Å²) in [6.07, 6.45) is 5.04. The van der Waals surface area contributed by atoms with Gasteiger partial charge in [0.15, 0.2) is 0 Å². The Bertz CT molecular complexity index is 469. The van der Waals surface area contributed by atoms with Crippen molar-refractivity contribution in [3.63, 3.8) is 0 Å². The summed E-state index contributed by atoms with van der Waals surface area (Å²) in [4.78, 5) is 31.5. The lowest BCUT2D eigenvalue weighted by Crippen LogP contribution is -2.29. The molecule has 0 fully saturated rings. The van der Waals surface area contributed by atoms with Gasteiger partial charge in [-0.2, -0.15) is 0 Å². The summed E-state index contributed by atoms with van der Waals surface area (Å²) in [5.41, 5.74) is 1.23. The fourth-order valence-electron chi connectivity index (χ4n) is 1.21. The molecule has 1 amide bonds. The molecule has 1 rings (SSSR count). The summed E-state index contributed by atoms with van der Waals surface area (Å²) < 4.78 is 0. The van der Waals surface area contributed by atoms with Gasteiger partial charge in [-0.25, -0.2) is 4.98 Å². The van der Waals surface area contributed by atoms with Gasteiger partial charge in [0.2, 0.25) is 0 Å². The second-order valence-corrected chi connectivity index (χ2v) is 3.29. The van der Waals surface area contributed by atoms with Gasteiger partial charge in [0.05, 0.1) is 24.1 Å². The summed E-state index contributed by atoms with van der Waals surface area (Å²) in [5, 5.41) is 0. The molecule has 0 radical (unpaired) electrons. The minimum absolute atomic E-state index is 0.0210. The highest BCUT2D eigenvalue weighted by atomic mass is 16.2. The topological polar surface area (TPSA) is 63.2 Å². The van der Waals surface area contributed by atoms with Gasteiger partial charge in [-0.05, 0) is 12.2 Å². The maximum atomic E-state index is 11.8. The van der Waals surface area contributed by atoms with Gasteiger partial charge in [0.1, 0.15) is 12.0 Å². The summed E-state index contributed by atoms with van der Waals surface area (Å²) in [5.74, 6) is -0.358. The molecular formula is C12H13N3O2. The van der Waals surface area contributed by atoms with E-state index >= 15 is 0 Å². The SMILES string of the molecule is C=Cc1ncc(C(=O)N(C)CC=O)nc1C=C. The van der Waals surface area contributed by atoms with Gasteiger partial charge in [-0.3, -0.25) is 9.78 Å². The average Bonchev–Trinajstić information content (AvgIpc) is 2.37. The van der Waals surface area contributed by atoms with E-state index in [0.717, 1.165) is 0 Å². The van der Waals surface area contributed by atoms with Gasteiger partial charge in [-0.1, -0.05) is 13.2 Å². The Morgan fingerprint density at radius 1 is 1.41 bits per heavy atom. The third kappa shape index (κ3) is 2.84. The van der Waals surface area contributed by atoms with Crippen LogP contribution in [-0.4, -0.2) is 40.7 Å². The number of likely N-dealkylation sites (N-methyl/N-ethyl adjacent to an activating group) is 1. The van der Waals surface area contributed by atoms with Gasteiger partial charge in [0.25, 0.3) is 5.91 Å². The van der Waals surface area contributed by atoms with E-state index in [1.165, 1.54) is 30.3 Å². The molecule has 0 aliphatic carbocycles. The first-order chi connectivity index (χ1) is 8.13. The Labute approximate surface area is 99.5 Å². The molecule has 1 aromatic heterocycles. The van der Waals surface area contributed by atoms with Crippen LogP contribution < -0.4 is 0 Å². The van der Waals surface area contributed by atoms with Crippen LogP contribution in [0.15, 0.2) is 19.4 Å². The number of carbonyl (C=O) groups excluding carboxylic acids is 2. The van der Waals surface area contributed by atoms with E-state index in [0.29, 0.717) is 17.7 Å². The number of hydrogen-bond acceptors (Lipinski definition) is 4. The van der Waals surface area contributed by atoms with E-state index in [2.05, 4.69) is 23.1 Å². The number of rotatable bonds is 5. The van der Waals surface area contributed by atoms with Gasteiger partial charge in [-0.15, -0.1) is 0 Å². The van der Waals surface area contributed by atoms with Crippen molar-refractivity contribution >= 4 is 24.3 Å². The zero-order valence-electron chi connectivity index (χ0n) is 9.59. The van der Waals surface area contributed by atoms with Crippen molar-refractivity contribution in [2.75, 3.05) is 13.6 Å². The quantitative estimate of drug-likeness (QED) is 0.710. The minimum Gasteiger partial charge on any atom is -0.333 e. The first-order valence-electron chi connectivity index (χ1n) is 4.95. The van der Waals surface area contributed by atoms with Crippen LogP contribution in [0.4, 0.5) is 0 Å². The summed E-state index contributed by atoms with van der Waals surface area (Å²) in [6, 6.07) is 0. The Morgan fingerprint density at radius 2 is 2.06 bits per heavy atom. The van der Waals surface area contributed by atoms with E-state index < -0.39 is 0 Å². The molecule has 0 saturated heterocycles. The van der Waals surface area contributed by atoms with Crippen LogP contribution in [0.3, 0.4) is 0 Å². The second-order valence-electron chi connectivity index (χ2n) is 3.29. The molecule has 5 nitrogen and oxygen atoms in total. The molecule has 0 aliphatic heterocycles. The van der Waals surface area contributed by atoms with Gasteiger partial charge < -0.3 is 9.69 Å². The molecule has 0 spiro atoms. The monoisotopic (exact) mass is 231 g/mol. The Kier molecular flexibility index (Phi) is 4.28. The van der Waals surface area contributed by atoms with Crippen LogP contribution in [0.1, 0.15) is 21.9 Å². The molecule has 0 aromatic carbocycles. The molecule has 0 unspecified atom stereocenters. The van der Waals surface area contributed by atoms with Crippen LogP contribution in [0.5, 0.6) is 0 Å². The summed E-state index contributed by atoms with van der Waals surface area (Å²) in [6.45, 7) is 7.20. The largest absolute Gasteiger partial charge is 0.333 e. The van der Waals surface area contributed by atoms with Crippen LogP contribution in [-0.2, 0) is 4.79 Å². The van der Waals surface area contributed by atoms with Crippen molar-refractivity contribution in [2.45, 2.75) is 0 Å². The maximum absolute atomic E-state index is 11.8. The minimum atomic E-state index is -0.358. The van der Waals surface area contributed by atoms with Crippen LogP contribution >= 0.6 is 0 Å². The molecule has 0 atom stereocenters. The van der Waals surface area contributed by atoms with E-state index in [4.69, 9.17) is 0 Å². The standard InChI is InChI=1S/C12H13N3O2/c1-4-9-10(5-2)14-11(8-13-9)12(17)15(3)6-7-16/h4-5,7-8H,1-2,6H2,3H3. The van der Waals surface area contributed by atoms with Gasteiger partial charge in [0, 0.05) is 7.05 Å². The molecule has 5 heteroatoms. The highest BCUT2D eigenvalue weighted by Crippen LogP contribution is 2.08. The Hall–Kier alpha value is -2.30. The molecule has 17 heavy (non-hydrogen) atoms. The third-order valence-electron chi connectivity index (χ3n) is 2.13. The van der Waals surface area contributed by atoms with Crippen molar-refractivity contribution in [3.05, 3.63) is 36.4 Å². The first-order valence-corrected chi connectivity index (χ1v) is 4.95. The van der Waals surface area contributed by atoms with Gasteiger partial charge >= 0.3 is 0 Å². The number of amides is 1. The molecule has 1 aromatic rings. The van der Waals surface area contributed by atoms with E-state index in [9.17, 15) is 9.59 Å². The molecular weight excluding hydrogens is 218 g/mol. The third-order valence-corrected chi connectivity index (χ3v) is 2.13. The smallest absolute Gasteiger partial charge is 0.274 e. The van der Waals surface area contributed by atoms with Crippen molar-refractivity contribution in [2.24, 2.45) is 0 Å². The Morgan fingerprint density at radius 3 is 2.59 bits per heavy atom. The van der Waals surface area contributed by atoms with Crippen molar-refractivity contribution in [1.82, 2.24) is 14.9 Å². The lowest BCUT2D eigenvalue weighted by Gasteiger charge is -2.13. The summed E-state index contributed by atoms with van der Waals surface area (Å²) in [7, 11) is 1.52. The second kappa shape index (κ2) is 5.69. The average molecular weight is 231 g/mol. The van der Waals surface area contributed by atoms with E-state index in [1.807, 2.05) is 0 Å². The molecule has 1 heterocycles. The Balaban J connectivity index is 3.07. The predicted octanol–water partition coefficient (Wildman–Crippen LogP) is 1.03. The lowest BCUT2D eigenvalue weighted by molar-refractivity contribution is -0.108. The molecule has 88 valence electrons. The number of carbonyl (C=O) groups is 2. The summed E-state index contributed by atoms with van der Waals surface area (Å²) >= 11 is 0. The molecule has 0 aliphatic rings. The van der Waals surface area contributed by atoms with Crippen LogP contribution in [0.2, 0.25) is 0 Å². The number of hydrogen-bond donors (Lipinski definition) is 0. The zero-order valence-corrected chi connectivity index (χ0v) is 9.59. The van der Waals surface area contributed by atoms with E-state index in [1.54, 1.807) is 0 Å². The molecule has 0 saturated carbocycles. The lowest BCUT2D eigenvalue weighted by atomic mass is 10.2. The molecule has 0 N–H and O–H groups in total. The fourth-order valence-corrected chi connectivity index (χ4v) is 1.21. The predicted molar refractivity (Wildman–Crippen MR) is 65.2 cm³/mol. The number of nitrogens with zero attached hydrogens (tertiary/aromatic N) is 3. The maximum Gasteiger partial charge on any atom is 0.274 e. The highest BCUT2D eigenvalue weighted by Gasteiger charge is 2.14. The normalized spacial score (nSPS) is 9.47. The number of aromatic nitrogens is 2. The highest BCUT2D eigenvalue weighted by molar-refractivity contribution is 5.93. The van der Waals surface area contributed by atoms with Crippen molar-refractivity contribution in [3.8, 4) is 0 Å². The number of aldehydes is 1. The van der Waals surface area contributed by atoms with Crippen LogP contribution in [0, 0.1) is 0 Å². The fraction of sp³-hybridized carbons (Fsp3) is 0.167. The van der Waals surface area contributed by atoms with Crippen molar-refractivity contribution < 1.29 is 9.59 Å². The first kappa shape index (κ1) is 12.8. The van der Waals surface area contributed by atoms with Crippen LogP contribution in [0.25, 0.3) is 12.2 Å². The van der Waals surface area contributed by atoms with Crippen molar-refractivity contribution in [1.29, 1.82) is 0 Å². The molecule has 0 bridgehead atoms.